The molecule has 0 aliphatic carbocycles. The number of hydrogen-bond acceptors (Lipinski definition) is 5. The fraction of sp³-hybridized carbons (Fsp3) is 0.381. The third-order valence-corrected chi connectivity index (χ3v) is 5.42. The second-order valence-corrected chi connectivity index (χ2v) is 7.65. The van der Waals surface area contributed by atoms with Crippen LogP contribution in [0.15, 0.2) is 43.0 Å². The summed E-state index contributed by atoms with van der Waals surface area (Å²) in [5.74, 6) is 0.562. The molecule has 1 aliphatic heterocycles. The fourth-order valence-electron chi connectivity index (χ4n) is 3.78. The zero-order valence-electron chi connectivity index (χ0n) is 16.6. The van der Waals surface area contributed by atoms with Crippen LogP contribution in [0.1, 0.15) is 6.92 Å². The van der Waals surface area contributed by atoms with Gasteiger partial charge in [0.25, 0.3) is 0 Å². The summed E-state index contributed by atoms with van der Waals surface area (Å²) in [7, 11) is 4.09. The Labute approximate surface area is 165 Å². The number of rotatable bonds is 4. The molecule has 7 nitrogen and oxygen atoms in total. The van der Waals surface area contributed by atoms with Crippen molar-refractivity contribution in [3.05, 3.63) is 43.0 Å². The first kappa shape index (κ1) is 18.6. The molecule has 1 aromatic carbocycles. The predicted octanol–water partition coefficient (Wildman–Crippen LogP) is 2.21. The van der Waals surface area contributed by atoms with Gasteiger partial charge < -0.3 is 14.8 Å². The van der Waals surface area contributed by atoms with Crippen LogP contribution >= 0.6 is 0 Å². The number of carbonyl (C=O) groups excluding carboxylic acids is 1. The van der Waals surface area contributed by atoms with Gasteiger partial charge in [-0.15, -0.1) is 0 Å². The van der Waals surface area contributed by atoms with Crippen LogP contribution in [0.5, 0.6) is 0 Å². The van der Waals surface area contributed by atoms with E-state index in [1.54, 1.807) is 12.5 Å². The number of nitrogens with one attached hydrogen (secondary N) is 1. The van der Waals surface area contributed by atoms with E-state index in [9.17, 15) is 4.79 Å². The van der Waals surface area contributed by atoms with Crippen molar-refractivity contribution in [2.45, 2.75) is 13.0 Å². The Balaban J connectivity index is 1.49. The molecule has 1 atom stereocenters. The SMILES string of the molecule is C[C@H]1CN(C)CCN1CC(=O)Nc1cc2cc(-c3cncn3C)ccc2cn1. The predicted molar refractivity (Wildman–Crippen MR) is 111 cm³/mol. The van der Waals surface area contributed by atoms with Crippen LogP contribution in [0, 0.1) is 0 Å². The molecule has 0 saturated carbocycles. The van der Waals surface area contributed by atoms with Gasteiger partial charge in [-0.1, -0.05) is 12.1 Å². The second kappa shape index (κ2) is 7.69. The first-order valence-electron chi connectivity index (χ1n) is 9.58. The van der Waals surface area contributed by atoms with E-state index in [1.165, 1.54) is 0 Å². The standard InChI is InChI=1S/C21H26N6O/c1-15-12-25(2)6-7-27(15)13-21(28)24-20-9-18-8-16(4-5-17(18)10-23-20)19-11-22-14-26(19)3/h4-5,8-11,14-15H,6-7,12-13H2,1-3H3,(H,23,24,28)/t15-/m0/s1. The molecule has 146 valence electrons. The molecule has 3 heterocycles. The third kappa shape index (κ3) is 3.90. The number of aryl methyl sites for hydroxylation is 1. The van der Waals surface area contributed by atoms with Crippen molar-refractivity contribution in [2.75, 3.05) is 38.5 Å². The van der Waals surface area contributed by atoms with E-state index in [2.05, 4.69) is 51.2 Å². The summed E-state index contributed by atoms with van der Waals surface area (Å²) in [6.45, 7) is 5.44. The number of piperazine rings is 1. The Morgan fingerprint density at radius 1 is 1.18 bits per heavy atom. The lowest BCUT2D eigenvalue weighted by Crippen LogP contribution is -2.52. The molecule has 0 spiro atoms. The number of pyridine rings is 1. The third-order valence-electron chi connectivity index (χ3n) is 5.42. The van der Waals surface area contributed by atoms with Gasteiger partial charge in [0.2, 0.25) is 5.91 Å². The summed E-state index contributed by atoms with van der Waals surface area (Å²) in [4.78, 5) is 25.6. The maximum Gasteiger partial charge on any atom is 0.239 e. The molecular formula is C21H26N6O. The topological polar surface area (TPSA) is 66.3 Å². The van der Waals surface area contributed by atoms with Gasteiger partial charge in [-0.3, -0.25) is 9.69 Å². The minimum absolute atomic E-state index is 0.0222. The van der Waals surface area contributed by atoms with E-state index in [0.717, 1.165) is 41.7 Å². The first-order valence-corrected chi connectivity index (χ1v) is 9.58. The number of amides is 1. The number of benzene rings is 1. The number of likely N-dealkylation sites (N-methyl/N-ethyl adjacent to an activating group) is 1. The lowest BCUT2D eigenvalue weighted by molar-refractivity contribution is -0.118. The van der Waals surface area contributed by atoms with Gasteiger partial charge in [-0.25, -0.2) is 9.97 Å². The van der Waals surface area contributed by atoms with Crippen molar-refractivity contribution in [1.82, 2.24) is 24.3 Å². The highest BCUT2D eigenvalue weighted by Gasteiger charge is 2.23. The minimum atomic E-state index is -0.0222. The molecule has 1 N–H and O–H groups in total. The van der Waals surface area contributed by atoms with E-state index in [-0.39, 0.29) is 5.91 Å². The van der Waals surface area contributed by atoms with Crippen molar-refractivity contribution >= 4 is 22.5 Å². The molecule has 1 saturated heterocycles. The van der Waals surface area contributed by atoms with Gasteiger partial charge in [0.15, 0.2) is 0 Å². The number of anilines is 1. The van der Waals surface area contributed by atoms with Crippen molar-refractivity contribution in [3.63, 3.8) is 0 Å². The van der Waals surface area contributed by atoms with Crippen molar-refractivity contribution in [3.8, 4) is 11.3 Å². The lowest BCUT2D eigenvalue weighted by atomic mass is 10.1. The molecule has 7 heteroatoms. The molecule has 0 radical (unpaired) electrons. The van der Waals surface area contributed by atoms with Crippen LogP contribution in [0.3, 0.4) is 0 Å². The molecule has 4 rings (SSSR count). The zero-order valence-corrected chi connectivity index (χ0v) is 16.6. The van der Waals surface area contributed by atoms with Crippen LogP contribution in [-0.2, 0) is 11.8 Å². The molecular weight excluding hydrogens is 352 g/mol. The number of fused-ring (bicyclic) bond motifs is 1. The maximum absolute atomic E-state index is 12.5. The number of hydrogen-bond donors (Lipinski definition) is 1. The Bertz CT molecular complexity index is 997. The van der Waals surface area contributed by atoms with Crippen LogP contribution < -0.4 is 5.32 Å². The van der Waals surface area contributed by atoms with Gasteiger partial charge in [0, 0.05) is 49.9 Å². The average molecular weight is 378 g/mol. The van der Waals surface area contributed by atoms with Crippen molar-refractivity contribution in [1.29, 1.82) is 0 Å². The monoisotopic (exact) mass is 378 g/mol. The first-order chi connectivity index (χ1) is 13.5. The van der Waals surface area contributed by atoms with Crippen LogP contribution in [-0.4, -0.2) is 69.5 Å². The van der Waals surface area contributed by atoms with E-state index < -0.39 is 0 Å². The number of nitrogens with zero attached hydrogens (tertiary/aromatic N) is 5. The normalized spacial score (nSPS) is 18.5. The van der Waals surface area contributed by atoms with Gasteiger partial charge in [0.05, 0.1) is 24.8 Å². The van der Waals surface area contributed by atoms with Crippen LogP contribution in [0.4, 0.5) is 5.82 Å². The molecule has 0 unspecified atom stereocenters. The van der Waals surface area contributed by atoms with Gasteiger partial charge >= 0.3 is 0 Å². The van der Waals surface area contributed by atoms with E-state index in [0.29, 0.717) is 18.4 Å². The van der Waals surface area contributed by atoms with Crippen LogP contribution in [0.2, 0.25) is 0 Å². The van der Waals surface area contributed by atoms with Gasteiger partial charge in [-0.2, -0.15) is 0 Å². The summed E-state index contributed by atoms with van der Waals surface area (Å²) in [6.07, 6.45) is 5.44. The molecule has 1 aliphatic rings. The summed E-state index contributed by atoms with van der Waals surface area (Å²) in [5.41, 5.74) is 2.13. The molecule has 2 aromatic heterocycles. The summed E-state index contributed by atoms with van der Waals surface area (Å²) < 4.78 is 1.99. The number of aromatic nitrogens is 3. The van der Waals surface area contributed by atoms with Crippen molar-refractivity contribution in [2.24, 2.45) is 7.05 Å². The second-order valence-electron chi connectivity index (χ2n) is 7.65. The highest BCUT2D eigenvalue weighted by Crippen LogP contribution is 2.25. The van der Waals surface area contributed by atoms with Crippen molar-refractivity contribution < 1.29 is 4.79 Å². The fourth-order valence-corrected chi connectivity index (χ4v) is 3.78. The zero-order chi connectivity index (χ0) is 19.7. The molecule has 1 fully saturated rings. The average Bonchev–Trinajstić information content (AvgIpc) is 3.09. The summed E-state index contributed by atoms with van der Waals surface area (Å²) in [6, 6.07) is 8.51. The Hall–Kier alpha value is -2.77. The highest BCUT2D eigenvalue weighted by atomic mass is 16.2. The molecule has 0 bridgehead atoms. The Morgan fingerprint density at radius 2 is 2.04 bits per heavy atom. The minimum Gasteiger partial charge on any atom is -0.334 e. The Kier molecular flexibility index (Phi) is 5.11. The number of imidazole rings is 1. The molecule has 28 heavy (non-hydrogen) atoms. The van der Waals surface area contributed by atoms with Crippen LogP contribution in [0.25, 0.3) is 22.0 Å². The van der Waals surface area contributed by atoms with Gasteiger partial charge in [0.1, 0.15) is 5.82 Å². The quantitative estimate of drug-likeness (QED) is 0.754. The smallest absolute Gasteiger partial charge is 0.239 e. The summed E-state index contributed by atoms with van der Waals surface area (Å²) >= 11 is 0. The highest BCUT2D eigenvalue weighted by molar-refractivity contribution is 5.94. The lowest BCUT2D eigenvalue weighted by Gasteiger charge is -2.37. The Morgan fingerprint density at radius 3 is 2.79 bits per heavy atom. The summed E-state index contributed by atoms with van der Waals surface area (Å²) in [5, 5.41) is 5.03. The van der Waals surface area contributed by atoms with E-state index in [1.807, 2.05) is 29.9 Å². The number of carbonyl (C=O) groups is 1. The molecule has 3 aromatic rings. The largest absolute Gasteiger partial charge is 0.334 e. The van der Waals surface area contributed by atoms with Gasteiger partial charge in [-0.05, 0) is 31.5 Å². The maximum atomic E-state index is 12.5. The van der Waals surface area contributed by atoms with E-state index in [4.69, 9.17) is 0 Å². The van der Waals surface area contributed by atoms with E-state index >= 15 is 0 Å². The molecule has 1 amide bonds.